The Balaban J connectivity index is 2.01. The van der Waals surface area contributed by atoms with E-state index in [-0.39, 0.29) is 12.4 Å². The number of benzene rings is 2. The second-order valence-electron chi connectivity index (χ2n) is 5.09. The molecule has 0 spiro atoms. The molecule has 0 fully saturated rings. The number of para-hydroxylation sites is 1. The second kappa shape index (κ2) is 7.27. The van der Waals surface area contributed by atoms with Crippen LogP contribution in [-0.4, -0.2) is 27.3 Å². The molecule has 1 aromatic heterocycles. The molecule has 1 heterocycles. The highest BCUT2D eigenvalue weighted by atomic mass is 35.5. The summed E-state index contributed by atoms with van der Waals surface area (Å²) in [6.45, 7) is 2.11. The molecule has 3 rings (SSSR count). The Bertz CT molecular complexity index is 829. The van der Waals surface area contributed by atoms with E-state index in [0.29, 0.717) is 23.3 Å². The molecule has 24 heavy (non-hydrogen) atoms. The average Bonchev–Trinajstić information content (AvgIpc) is 3.00. The van der Waals surface area contributed by atoms with E-state index in [2.05, 4.69) is 10.1 Å². The van der Waals surface area contributed by atoms with Crippen molar-refractivity contribution in [2.45, 2.75) is 13.3 Å². The summed E-state index contributed by atoms with van der Waals surface area (Å²) in [5, 5.41) is 5.19. The SMILES string of the molecule is CCOC(=O)Cc1nc(-c2ccc(Cl)cc2)nn1-c1ccccc1. The smallest absolute Gasteiger partial charge is 0.313 e. The summed E-state index contributed by atoms with van der Waals surface area (Å²) in [4.78, 5) is 16.4. The van der Waals surface area contributed by atoms with E-state index >= 15 is 0 Å². The van der Waals surface area contributed by atoms with E-state index < -0.39 is 0 Å². The summed E-state index contributed by atoms with van der Waals surface area (Å²) in [5.74, 6) is 0.740. The minimum Gasteiger partial charge on any atom is -0.466 e. The summed E-state index contributed by atoms with van der Waals surface area (Å²) in [6, 6.07) is 16.8. The van der Waals surface area contributed by atoms with E-state index in [1.165, 1.54) is 0 Å². The fraction of sp³-hybridized carbons (Fsp3) is 0.167. The third-order valence-electron chi connectivity index (χ3n) is 3.39. The first kappa shape index (κ1) is 16.2. The lowest BCUT2D eigenvalue weighted by atomic mass is 10.2. The Labute approximate surface area is 144 Å². The monoisotopic (exact) mass is 341 g/mol. The minimum atomic E-state index is -0.329. The summed E-state index contributed by atoms with van der Waals surface area (Å²) < 4.78 is 6.70. The van der Waals surface area contributed by atoms with Gasteiger partial charge in [0.2, 0.25) is 0 Å². The number of hydrogen-bond acceptors (Lipinski definition) is 4. The zero-order chi connectivity index (χ0) is 16.9. The summed E-state index contributed by atoms with van der Waals surface area (Å²) >= 11 is 5.93. The van der Waals surface area contributed by atoms with Crippen LogP contribution in [0.1, 0.15) is 12.7 Å². The Morgan fingerprint density at radius 3 is 2.50 bits per heavy atom. The Morgan fingerprint density at radius 2 is 1.83 bits per heavy atom. The van der Waals surface area contributed by atoms with Crippen molar-refractivity contribution >= 4 is 17.6 Å². The largest absolute Gasteiger partial charge is 0.466 e. The van der Waals surface area contributed by atoms with Crippen molar-refractivity contribution in [1.29, 1.82) is 0 Å². The standard InChI is InChI=1S/C18H16ClN3O2/c1-2-24-17(23)12-16-20-18(13-8-10-14(19)11-9-13)21-22(16)15-6-4-3-5-7-15/h3-11H,2,12H2,1H3. The molecule has 122 valence electrons. The van der Waals surface area contributed by atoms with Crippen molar-refractivity contribution in [2.24, 2.45) is 0 Å². The first-order chi connectivity index (χ1) is 11.7. The zero-order valence-electron chi connectivity index (χ0n) is 13.1. The summed E-state index contributed by atoms with van der Waals surface area (Å²) in [5.41, 5.74) is 1.67. The number of ether oxygens (including phenoxy) is 1. The summed E-state index contributed by atoms with van der Waals surface area (Å²) in [7, 11) is 0. The van der Waals surface area contributed by atoms with Gasteiger partial charge in [-0.3, -0.25) is 4.79 Å². The molecule has 5 nitrogen and oxygen atoms in total. The van der Waals surface area contributed by atoms with Gasteiger partial charge in [0.15, 0.2) is 5.82 Å². The van der Waals surface area contributed by atoms with Gasteiger partial charge < -0.3 is 4.74 Å². The van der Waals surface area contributed by atoms with Gasteiger partial charge in [-0.05, 0) is 43.3 Å². The molecule has 0 amide bonds. The van der Waals surface area contributed by atoms with Gasteiger partial charge in [-0.1, -0.05) is 29.8 Å². The van der Waals surface area contributed by atoms with Gasteiger partial charge in [0.05, 0.1) is 12.3 Å². The first-order valence-corrected chi connectivity index (χ1v) is 7.98. The molecule has 0 bridgehead atoms. The van der Waals surface area contributed by atoms with E-state index in [1.807, 2.05) is 42.5 Å². The van der Waals surface area contributed by atoms with Crippen LogP contribution in [-0.2, 0) is 16.0 Å². The molecule has 6 heteroatoms. The molecule has 0 atom stereocenters. The lowest BCUT2D eigenvalue weighted by Gasteiger charge is -2.05. The van der Waals surface area contributed by atoms with Crippen LogP contribution in [0.2, 0.25) is 5.02 Å². The van der Waals surface area contributed by atoms with Crippen molar-refractivity contribution in [3.63, 3.8) is 0 Å². The van der Waals surface area contributed by atoms with Crippen LogP contribution in [0.5, 0.6) is 0 Å². The van der Waals surface area contributed by atoms with E-state index in [1.54, 1.807) is 23.7 Å². The van der Waals surface area contributed by atoms with Crippen LogP contribution >= 0.6 is 11.6 Å². The van der Waals surface area contributed by atoms with Crippen LogP contribution in [0.15, 0.2) is 54.6 Å². The number of rotatable bonds is 5. The number of halogens is 1. The number of nitrogens with zero attached hydrogens (tertiary/aromatic N) is 3. The quantitative estimate of drug-likeness (QED) is 0.664. The number of carbonyl (C=O) groups excluding carboxylic acids is 1. The third kappa shape index (κ3) is 3.63. The van der Waals surface area contributed by atoms with Crippen molar-refractivity contribution in [3.05, 3.63) is 65.4 Å². The fourth-order valence-corrected chi connectivity index (χ4v) is 2.42. The van der Waals surface area contributed by atoms with Gasteiger partial charge >= 0.3 is 5.97 Å². The highest BCUT2D eigenvalue weighted by molar-refractivity contribution is 6.30. The molecule has 0 unspecified atom stereocenters. The number of hydrogen-bond donors (Lipinski definition) is 0. The maximum atomic E-state index is 11.9. The molecule has 0 aliphatic heterocycles. The zero-order valence-corrected chi connectivity index (χ0v) is 13.9. The van der Waals surface area contributed by atoms with Gasteiger partial charge in [0.1, 0.15) is 12.2 Å². The topological polar surface area (TPSA) is 57.0 Å². The van der Waals surface area contributed by atoms with Gasteiger partial charge in [0, 0.05) is 10.6 Å². The van der Waals surface area contributed by atoms with E-state index in [9.17, 15) is 4.79 Å². The van der Waals surface area contributed by atoms with Crippen LogP contribution in [0, 0.1) is 0 Å². The first-order valence-electron chi connectivity index (χ1n) is 7.60. The van der Waals surface area contributed by atoms with E-state index in [4.69, 9.17) is 16.3 Å². The Hall–Kier alpha value is -2.66. The van der Waals surface area contributed by atoms with Gasteiger partial charge in [-0.25, -0.2) is 9.67 Å². The fourth-order valence-electron chi connectivity index (χ4n) is 2.30. The lowest BCUT2D eigenvalue weighted by Crippen LogP contribution is -2.12. The molecule has 3 aromatic rings. The molecule has 0 N–H and O–H groups in total. The summed E-state index contributed by atoms with van der Waals surface area (Å²) in [6.07, 6.45) is 0.0589. The Morgan fingerprint density at radius 1 is 1.12 bits per heavy atom. The van der Waals surface area contributed by atoms with Gasteiger partial charge in [-0.15, -0.1) is 5.10 Å². The Kier molecular flexibility index (Phi) is 4.91. The molecule has 0 radical (unpaired) electrons. The normalized spacial score (nSPS) is 10.6. The van der Waals surface area contributed by atoms with Crippen molar-refractivity contribution < 1.29 is 9.53 Å². The predicted molar refractivity (Wildman–Crippen MR) is 92.1 cm³/mol. The molecule has 0 saturated carbocycles. The third-order valence-corrected chi connectivity index (χ3v) is 3.64. The van der Waals surface area contributed by atoms with Gasteiger partial charge in [0.25, 0.3) is 0 Å². The lowest BCUT2D eigenvalue weighted by molar-refractivity contribution is -0.142. The maximum Gasteiger partial charge on any atom is 0.313 e. The second-order valence-corrected chi connectivity index (χ2v) is 5.52. The number of aromatic nitrogens is 3. The number of carbonyl (C=O) groups is 1. The average molecular weight is 342 g/mol. The molecular weight excluding hydrogens is 326 g/mol. The van der Waals surface area contributed by atoms with Crippen LogP contribution in [0.25, 0.3) is 17.1 Å². The van der Waals surface area contributed by atoms with E-state index in [0.717, 1.165) is 11.3 Å². The van der Waals surface area contributed by atoms with Crippen LogP contribution in [0.4, 0.5) is 0 Å². The molecule has 0 saturated heterocycles. The van der Waals surface area contributed by atoms with Crippen molar-refractivity contribution in [2.75, 3.05) is 6.61 Å². The molecule has 0 aliphatic rings. The van der Waals surface area contributed by atoms with Crippen molar-refractivity contribution in [1.82, 2.24) is 14.8 Å². The molecular formula is C18H16ClN3O2. The highest BCUT2D eigenvalue weighted by Gasteiger charge is 2.16. The molecule has 0 aliphatic carbocycles. The number of esters is 1. The molecule has 2 aromatic carbocycles. The maximum absolute atomic E-state index is 11.9. The van der Waals surface area contributed by atoms with Crippen LogP contribution < -0.4 is 0 Å². The minimum absolute atomic E-state index is 0.0589. The highest BCUT2D eigenvalue weighted by Crippen LogP contribution is 2.21. The van der Waals surface area contributed by atoms with Crippen molar-refractivity contribution in [3.8, 4) is 17.1 Å². The predicted octanol–water partition coefficient (Wildman–Crippen LogP) is 3.69. The van der Waals surface area contributed by atoms with Crippen LogP contribution in [0.3, 0.4) is 0 Å². The van der Waals surface area contributed by atoms with Gasteiger partial charge in [-0.2, -0.15) is 0 Å².